The smallest absolute Gasteiger partial charge is 0.330 e. The van der Waals surface area contributed by atoms with Crippen LogP contribution in [0.5, 0.6) is 0 Å². The van der Waals surface area contributed by atoms with Gasteiger partial charge in [0, 0.05) is 0 Å². The molecular weight excluding hydrogens is 181 g/mol. The highest BCUT2D eigenvalue weighted by molar-refractivity contribution is 4.61. The molecule has 0 aliphatic rings. The molecule has 0 rings (SSSR count). The van der Waals surface area contributed by atoms with Gasteiger partial charge in [0.2, 0.25) is 0 Å². The fourth-order valence-electron chi connectivity index (χ4n) is 1.02. The number of nitrogens with two attached hydrogens (primary N) is 1. The number of alkyl halides is 3. The van der Waals surface area contributed by atoms with E-state index in [1.807, 2.05) is 6.92 Å². The van der Waals surface area contributed by atoms with Crippen LogP contribution in [0.25, 0.3) is 0 Å². The van der Waals surface area contributed by atoms with E-state index in [9.17, 15) is 13.2 Å². The van der Waals surface area contributed by atoms with Crippen LogP contribution in [-0.2, 0) is 0 Å². The van der Waals surface area contributed by atoms with E-state index in [1.165, 1.54) is 0 Å². The summed E-state index contributed by atoms with van der Waals surface area (Å²) in [7, 11) is 0. The molecule has 0 saturated carbocycles. The minimum Gasteiger partial charge on any atom is -0.330 e. The average Bonchev–Trinajstić information content (AvgIpc) is 2.03. The summed E-state index contributed by atoms with van der Waals surface area (Å²) in [4.78, 5) is 0. The SMILES string of the molecule is CCC(CN)CCNCC(F)(F)F. The Labute approximate surface area is 76.7 Å². The van der Waals surface area contributed by atoms with Gasteiger partial charge in [-0.25, -0.2) is 0 Å². The fourth-order valence-corrected chi connectivity index (χ4v) is 1.02. The largest absolute Gasteiger partial charge is 0.401 e. The van der Waals surface area contributed by atoms with Crippen LogP contribution in [0.4, 0.5) is 13.2 Å². The first-order valence-electron chi connectivity index (χ1n) is 4.47. The second-order valence-corrected chi connectivity index (χ2v) is 3.09. The standard InChI is InChI=1S/C8H17F3N2/c1-2-7(5-12)3-4-13-6-8(9,10)11/h7,13H,2-6,12H2,1H3. The van der Waals surface area contributed by atoms with Crippen molar-refractivity contribution in [2.45, 2.75) is 25.9 Å². The van der Waals surface area contributed by atoms with E-state index < -0.39 is 12.7 Å². The summed E-state index contributed by atoms with van der Waals surface area (Å²) in [6, 6.07) is 0. The van der Waals surface area contributed by atoms with Crippen molar-refractivity contribution in [1.82, 2.24) is 5.32 Å². The van der Waals surface area contributed by atoms with Crippen molar-refractivity contribution in [1.29, 1.82) is 0 Å². The molecule has 80 valence electrons. The van der Waals surface area contributed by atoms with Crippen LogP contribution < -0.4 is 11.1 Å². The molecule has 3 N–H and O–H groups in total. The number of hydrogen-bond donors (Lipinski definition) is 2. The number of hydrogen-bond acceptors (Lipinski definition) is 2. The molecule has 0 heterocycles. The highest BCUT2D eigenvalue weighted by Crippen LogP contribution is 2.12. The molecule has 1 unspecified atom stereocenters. The van der Waals surface area contributed by atoms with Gasteiger partial charge < -0.3 is 11.1 Å². The Kier molecular flexibility index (Phi) is 6.07. The van der Waals surface area contributed by atoms with Crippen molar-refractivity contribution < 1.29 is 13.2 Å². The average molecular weight is 198 g/mol. The molecule has 0 amide bonds. The molecule has 0 saturated heterocycles. The third kappa shape index (κ3) is 8.05. The molecule has 0 bridgehead atoms. The Bertz CT molecular complexity index is 121. The lowest BCUT2D eigenvalue weighted by molar-refractivity contribution is -0.124. The van der Waals surface area contributed by atoms with Gasteiger partial charge >= 0.3 is 6.18 Å². The maximum Gasteiger partial charge on any atom is 0.401 e. The molecule has 2 nitrogen and oxygen atoms in total. The highest BCUT2D eigenvalue weighted by atomic mass is 19.4. The van der Waals surface area contributed by atoms with Crippen LogP contribution >= 0.6 is 0 Å². The lowest BCUT2D eigenvalue weighted by Crippen LogP contribution is -2.31. The zero-order chi connectivity index (χ0) is 10.3. The Morgan fingerprint density at radius 2 is 2.00 bits per heavy atom. The zero-order valence-corrected chi connectivity index (χ0v) is 7.82. The lowest BCUT2D eigenvalue weighted by Gasteiger charge is -2.13. The normalized spacial score (nSPS) is 14.5. The molecule has 1 atom stereocenters. The molecule has 0 aliphatic heterocycles. The van der Waals surface area contributed by atoms with Gasteiger partial charge in [-0.2, -0.15) is 13.2 Å². The van der Waals surface area contributed by atoms with Crippen LogP contribution in [0.2, 0.25) is 0 Å². The summed E-state index contributed by atoms with van der Waals surface area (Å²) in [6.45, 7) is 2.01. The quantitative estimate of drug-likeness (QED) is 0.635. The highest BCUT2D eigenvalue weighted by Gasteiger charge is 2.25. The van der Waals surface area contributed by atoms with E-state index in [-0.39, 0.29) is 0 Å². The van der Waals surface area contributed by atoms with Crippen molar-refractivity contribution in [3.63, 3.8) is 0 Å². The maximum absolute atomic E-state index is 11.7. The molecule has 0 spiro atoms. The molecule has 0 aromatic carbocycles. The topological polar surface area (TPSA) is 38.0 Å². The van der Waals surface area contributed by atoms with E-state index in [4.69, 9.17) is 5.73 Å². The Morgan fingerprint density at radius 1 is 1.38 bits per heavy atom. The predicted octanol–water partition coefficient (Wildman–Crippen LogP) is 1.51. The first kappa shape index (κ1) is 12.7. The fraction of sp³-hybridized carbons (Fsp3) is 1.00. The maximum atomic E-state index is 11.7. The third-order valence-corrected chi connectivity index (χ3v) is 1.97. The van der Waals surface area contributed by atoms with Crippen molar-refractivity contribution in [3.05, 3.63) is 0 Å². The van der Waals surface area contributed by atoms with Crippen LogP contribution in [0.3, 0.4) is 0 Å². The van der Waals surface area contributed by atoms with Crippen LogP contribution in [-0.4, -0.2) is 25.8 Å². The summed E-state index contributed by atoms with van der Waals surface area (Å²) < 4.78 is 35.0. The molecular formula is C8H17F3N2. The first-order chi connectivity index (χ1) is 5.99. The monoisotopic (exact) mass is 198 g/mol. The second kappa shape index (κ2) is 6.21. The van der Waals surface area contributed by atoms with Gasteiger partial charge in [0.25, 0.3) is 0 Å². The summed E-state index contributed by atoms with van der Waals surface area (Å²) >= 11 is 0. The first-order valence-corrected chi connectivity index (χ1v) is 4.47. The van der Waals surface area contributed by atoms with Gasteiger partial charge in [-0.3, -0.25) is 0 Å². The van der Waals surface area contributed by atoms with E-state index in [1.54, 1.807) is 0 Å². The van der Waals surface area contributed by atoms with Gasteiger partial charge in [-0.1, -0.05) is 13.3 Å². The van der Waals surface area contributed by atoms with Crippen LogP contribution in [0.1, 0.15) is 19.8 Å². The summed E-state index contributed by atoms with van der Waals surface area (Å²) in [5.41, 5.74) is 5.40. The minimum atomic E-state index is -4.11. The summed E-state index contributed by atoms with van der Waals surface area (Å²) in [5, 5.41) is 2.34. The lowest BCUT2D eigenvalue weighted by atomic mass is 10.0. The van der Waals surface area contributed by atoms with Gasteiger partial charge in [0.15, 0.2) is 0 Å². The molecule has 13 heavy (non-hydrogen) atoms. The molecule has 0 aromatic heterocycles. The van der Waals surface area contributed by atoms with Crippen LogP contribution in [0, 0.1) is 5.92 Å². The number of halogens is 3. The van der Waals surface area contributed by atoms with Crippen LogP contribution in [0.15, 0.2) is 0 Å². The van der Waals surface area contributed by atoms with Gasteiger partial charge in [-0.15, -0.1) is 0 Å². The van der Waals surface area contributed by atoms with E-state index >= 15 is 0 Å². The summed E-state index contributed by atoms with van der Waals surface area (Å²) in [5.74, 6) is 0.334. The van der Waals surface area contributed by atoms with E-state index in [0.29, 0.717) is 25.4 Å². The van der Waals surface area contributed by atoms with Crippen molar-refractivity contribution in [3.8, 4) is 0 Å². The molecule has 0 fully saturated rings. The van der Waals surface area contributed by atoms with Crippen molar-refractivity contribution in [2.75, 3.05) is 19.6 Å². The Balaban J connectivity index is 3.34. The van der Waals surface area contributed by atoms with Gasteiger partial charge in [0.1, 0.15) is 0 Å². The molecule has 5 heteroatoms. The van der Waals surface area contributed by atoms with Crippen molar-refractivity contribution in [2.24, 2.45) is 11.7 Å². The third-order valence-electron chi connectivity index (χ3n) is 1.97. The van der Waals surface area contributed by atoms with Gasteiger partial charge in [0.05, 0.1) is 6.54 Å². The zero-order valence-electron chi connectivity index (χ0n) is 7.82. The van der Waals surface area contributed by atoms with Crippen molar-refractivity contribution >= 4 is 0 Å². The predicted molar refractivity (Wildman–Crippen MR) is 46.4 cm³/mol. The number of nitrogens with one attached hydrogen (secondary N) is 1. The molecule has 0 radical (unpaired) electrons. The van der Waals surface area contributed by atoms with Gasteiger partial charge in [-0.05, 0) is 25.4 Å². The second-order valence-electron chi connectivity index (χ2n) is 3.09. The van der Waals surface area contributed by atoms with E-state index in [0.717, 1.165) is 6.42 Å². The van der Waals surface area contributed by atoms with E-state index in [2.05, 4.69) is 5.32 Å². The summed E-state index contributed by atoms with van der Waals surface area (Å²) in [6.07, 6.45) is -2.47. The molecule has 0 aromatic rings. The Hall–Kier alpha value is -0.290. The Morgan fingerprint density at radius 3 is 2.38 bits per heavy atom. The molecule has 0 aliphatic carbocycles. The number of rotatable bonds is 6. The minimum absolute atomic E-state index is 0.334.